The number of ether oxygens (including phenoxy) is 2. The fourth-order valence-corrected chi connectivity index (χ4v) is 3.59. The van der Waals surface area contributed by atoms with E-state index in [4.69, 9.17) is 9.47 Å². The van der Waals surface area contributed by atoms with Crippen LogP contribution in [-0.4, -0.2) is 18.0 Å². The van der Waals surface area contributed by atoms with E-state index in [1.165, 1.54) is 25.7 Å². The Morgan fingerprint density at radius 1 is 0.800 bits per heavy atom. The Kier molecular flexibility index (Phi) is 1.75. The number of rotatable bonds is 0. The van der Waals surface area contributed by atoms with Gasteiger partial charge >= 0.3 is 0 Å². The van der Waals surface area contributed by atoms with Crippen molar-refractivity contribution in [3.8, 4) is 0 Å². The highest BCUT2D eigenvalue weighted by Crippen LogP contribution is 2.76. The summed E-state index contributed by atoms with van der Waals surface area (Å²) in [6.45, 7) is 9.07. The highest BCUT2D eigenvalue weighted by Gasteiger charge is 2.83. The number of hydrogen-bond donors (Lipinski definition) is 0. The molecule has 3 fully saturated rings. The van der Waals surface area contributed by atoms with E-state index < -0.39 is 0 Å². The summed E-state index contributed by atoms with van der Waals surface area (Å²) < 4.78 is 12.5. The Hall–Kier alpha value is -0.0800. The van der Waals surface area contributed by atoms with Crippen molar-refractivity contribution >= 4 is 0 Å². The molecule has 1 saturated heterocycles. The van der Waals surface area contributed by atoms with Crippen molar-refractivity contribution in [3.63, 3.8) is 0 Å². The maximum absolute atomic E-state index is 6.27. The Morgan fingerprint density at radius 2 is 1.20 bits per heavy atom. The molecule has 0 radical (unpaired) electrons. The van der Waals surface area contributed by atoms with Crippen LogP contribution in [0.15, 0.2) is 0 Å². The van der Waals surface area contributed by atoms with Crippen LogP contribution >= 0.6 is 0 Å². The SMILES string of the molecule is CC1(C)C(C)(C)C12O[C@H]1CCCC[C@H]1O2. The maximum Gasteiger partial charge on any atom is 0.180 e. The monoisotopic (exact) mass is 210 g/mol. The highest BCUT2D eigenvalue weighted by molar-refractivity contribution is 5.24. The molecule has 0 unspecified atom stereocenters. The van der Waals surface area contributed by atoms with Gasteiger partial charge < -0.3 is 9.47 Å². The van der Waals surface area contributed by atoms with E-state index >= 15 is 0 Å². The van der Waals surface area contributed by atoms with Gasteiger partial charge in [0.25, 0.3) is 0 Å². The fourth-order valence-electron chi connectivity index (χ4n) is 3.59. The lowest BCUT2D eigenvalue weighted by molar-refractivity contribution is -0.133. The summed E-state index contributed by atoms with van der Waals surface area (Å²) in [4.78, 5) is 0. The molecule has 0 aromatic heterocycles. The van der Waals surface area contributed by atoms with Crippen LogP contribution < -0.4 is 0 Å². The molecule has 0 amide bonds. The van der Waals surface area contributed by atoms with E-state index in [9.17, 15) is 0 Å². The molecule has 0 N–H and O–H groups in total. The average molecular weight is 210 g/mol. The topological polar surface area (TPSA) is 18.5 Å². The van der Waals surface area contributed by atoms with Crippen molar-refractivity contribution in [2.45, 2.75) is 71.4 Å². The lowest BCUT2D eigenvalue weighted by Gasteiger charge is -2.21. The lowest BCUT2D eigenvalue weighted by atomic mass is 9.95. The van der Waals surface area contributed by atoms with E-state index in [0.29, 0.717) is 12.2 Å². The Morgan fingerprint density at radius 3 is 1.53 bits per heavy atom. The van der Waals surface area contributed by atoms with Gasteiger partial charge in [0, 0.05) is 10.8 Å². The molecule has 0 aromatic carbocycles. The molecule has 15 heavy (non-hydrogen) atoms. The summed E-state index contributed by atoms with van der Waals surface area (Å²) in [7, 11) is 0. The van der Waals surface area contributed by atoms with E-state index in [1.807, 2.05) is 0 Å². The quantitative estimate of drug-likeness (QED) is 0.611. The molecule has 2 saturated carbocycles. The molecular formula is C13H22O2. The van der Waals surface area contributed by atoms with Gasteiger partial charge in [-0.05, 0) is 12.8 Å². The molecule has 1 aliphatic heterocycles. The second-order valence-electron chi connectivity index (χ2n) is 6.46. The largest absolute Gasteiger partial charge is 0.343 e. The molecule has 2 nitrogen and oxygen atoms in total. The minimum atomic E-state index is -0.278. The molecule has 0 bridgehead atoms. The third-order valence-corrected chi connectivity index (χ3v) is 5.42. The van der Waals surface area contributed by atoms with Crippen LogP contribution in [0.5, 0.6) is 0 Å². The van der Waals surface area contributed by atoms with Gasteiger partial charge in [0.2, 0.25) is 0 Å². The van der Waals surface area contributed by atoms with Crippen molar-refractivity contribution in [3.05, 3.63) is 0 Å². The van der Waals surface area contributed by atoms with Crippen molar-refractivity contribution < 1.29 is 9.47 Å². The normalized spacial score (nSPS) is 44.0. The van der Waals surface area contributed by atoms with Gasteiger partial charge in [-0.1, -0.05) is 40.5 Å². The first-order valence-electron chi connectivity index (χ1n) is 6.28. The smallest absolute Gasteiger partial charge is 0.180 e. The molecule has 86 valence electrons. The van der Waals surface area contributed by atoms with E-state index in [1.54, 1.807) is 0 Å². The van der Waals surface area contributed by atoms with Gasteiger partial charge in [0.15, 0.2) is 5.79 Å². The summed E-state index contributed by atoms with van der Waals surface area (Å²) in [5.41, 5.74) is 0.328. The number of fused-ring (bicyclic) bond motifs is 1. The van der Waals surface area contributed by atoms with Gasteiger partial charge in [0.05, 0.1) is 12.2 Å². The van der Waals surface area contributed by atoms with E-state index in [-0.39, 0.29) is 16.6 Å². The molecule has 1 spiro atoms. The van der Waals surface area contributed by atoms with E-state index in [2.05, 4.69) is 27.7 Å². The summed E-state index contributed by atoms with van der Waals surface area (Å²) in [6.07, 6.45) is 5.75. The van der Waals surface area contributed by atoms with E-state index in [0.717, 1.165) is 0 Å². The predicted octanol–water partition coefficient (Wildman–Crippen LogP) is 3.11. The van der Waals surface area contributed by atoms with Crippen molar-refractivity contribution in [2.24, 2.45) is 10.8 Å². The van der Waals surface area contributed by atoms with Crippen LogP contribution in [0.1, 0.15) is 53.4 Å². The third kappa shape index (κ3) is 0.938. The van der Waals surface area contributed by atoms with Gasteiger partial charge in [-0.15, -0.1) is 0 Å². The fraction of sp³-hybridized carbons (Fsp3) is 1.00. The second-order valence-corrected chi connectivity index (χ2v) is 6.46. The molecule has 3 aliphatic rings. The Balaban J connectivity index is 1.87. The highest BCUT2D eigenvalue weighted by atomic mass is 16.8. The zero-order valence-electron chi connectivity index (χ0n) is 10.3. The maximum atomic E-state index is 6.27. The molecule has 2 aliphatic carbocycles. The molecule has 2 atom stereocenters. The van der Waals surface area contributed by atoms with Crippen molar-refractivity contribution in [1.29, 1.82) is 0 Å². The summed E-state index contributed by atoms with van der Waals surface area (Å²) in [5.74, 6) is -0.278. The predicted molar refractivity (Wildman–Crippen MR) is 58.5 cm³/mol. The Labute approximate surface area is 92.3 Å². The first kappa shape index (κ1) is 10.1. The van der Waals surface area contributed by atoms with Crippen LogP contribution in [-0.2, 0) is 9.47 Å². The van der Waals surface area contributed by atoms with Crippen LogP contribution in [0.4, 0.5) is 0 Å². The molecule has 3 rings (SSSR count). The summed E-state index contributed by atoms with van der Waals surface area (Å²) in [5, 5.41) is 0. The molecule has 1 heterocycles. The minimum absolute atomic E-state index is 0.164. The van der Waals surface area contributed by atoms with Gasteiger partial charge in [-0.2, -0.15) is 0 Å². The zero-order chi connectivity index (χ0) is 10.9. The minimum Gasteiger partial charge on any atom is -0.343 e. The first-order chi connectivity index (χ1) is 6.92. The van der Waals surface area contributed by atoms with Crippen LogP contribution in [0.25, 0.3) is 0 Å². The van der Waals surface area contributed by atoms with Crippen LogP contribution in [0, 0.1) is 10.8 Å². The first-order valence-corrected chi connectivity index (χ1v) is 6.28. The zero-order valence-corrected chi connectivity index (χ0v) is 10.3. The van der Waals surface area contributed by atoms with Gasteiger partial charge in [-0.3, -0.25) is 0 Å². The summed E-state index contributed by atoms with van der Waals surface area (Å²) >= 11 is 0. The Bertz CT molecular complexity index is 263. The second kappa shape index (κ2) is 2.60. The average Bonchev–Trinajstić information content (AvgIpc) is 2.57. The number of hydrogen-bond acceptors (Lipinski definition) is 2. The molecule has 2 heteroatoms. The van der Waals surface area contributed by atoms with Crippen LogP contribution in [0.2, 0.25) is 0 Å². The molecule has 0 aromatic rings. The molecular weight excluding hydrogens is 188 g/mol. The standard InChI is InChI=1S/C13H22O2/c1-11(2)12(3,4)13(11)14-9-7-5-6-8-10(9)15-13/h9-10H,5-8H2,1-4H3/t9-,10+. The third-order valence-electron chi connectivity index (χ3n) is 5.42. The lowest BCUT2D eigenvalue weighted by Crippen LogP contribution is -2.25. The van der Waals surface area contributed by atoms with Gasteiger partial charge in [-0.25, -0.2) is 0 Å². The van der Waals surface area contributed by atoms with Crippen molar-refractivity contribution in [2.75, 3.05) is 0 Å². The van der Waals surface area contributed by atoms with Crippen LogP contribution in [0.3, 0.4) is 0 Å². The van der Waals surface area contributed by atoms with Crippen molar-refractivity contribution in [1.82, 2.24) is 0 Å². The van der Waals surface area contributed by atoms with Gasteiger partial charge in [0.1, 0.15) is 0 Å². The summed E-state index contributed by atoms with van der Waals surface area (Å²) in [6, 6.07) is 0.